The van der Waals surface area contributed by atoms with Crippen LogP contribution in [0, 0.1) is 23.5 Å². The predicted molar refractivity (Wildman–Crippen MR) is 146 cm³/mol. The molecule has 1 heterocycles. The van der Waals surface area contributed by atoms with Crippen molar-refractivity contribution in [1.29, 1.82) is 0 Å². The summed E-state index contributed by atoms with van der Waals surface area (Å²) in [5, 5.41) is 0. The first-order valence-electron chi connectivity index (χ1n) is 14.5. The highest BCUT2D eigenvalue weighted by Gasteiger charge is 2.26. The van der Waals surface area contributed by atoms with Crippen molar-refractivity contribution in [3.63, 3.8) is 0 Å². The zero-order valence-electron chi connectivity index (χ0n) is 22.2. The van der Waals surface area contributed by atoms with E-state index in [0.717, 1.165) is 24.0 Å². The number of hydrogen-bond donors (Lipinski definition) is 0. The number of rotatable bonds is 11. The van der Waals surface area contributed by atoms with E-state index in [4.69, 9.17) is 0 Å². The summed E-state index contributed by atoms with van der Waals surface area (Å²) in [5.74, 6) is -0.922. The fourth-order valence-corrected chi connectivity index (χ4v) is 10.2. The van der Waals surface area contributed by atoms with E-state index in [9.17, 15) is 17.6 Å². The molecule has 1 aliphatic carbocycles. The average Bonchev–Trinajstić information content (AvgIpc) is 2.90. The van der Waals surface area contributed by atoms with Gasteiger partial charge in [-0.1, -0.05) is 94.3 Å². The Bertz CT molecular complexity index is 941. The molecular formula is C31H42F4OSi. The molecule has 1 saturated heterocycles. The predicted octanol–water partition coefficient (Wildman–Crippen LogP) is 10.1. The van der Waals surface area contributed by atoms with Crippen LogP contribution >= 0.6 is 0 Å². The van der Waals surface area contributed by atoms with Crippen molar-refractivity contribution < 1.29 is 22.3 Å². The highest BCUT2D eigenvalue weighted by Crippen LogP contribution is 2.40. The van der Waals surface area contributed by atoms with E-state index in [1.807, 2.05) is 24.3 Å². The molecule has 0 amide bonds. The second-order valence-electron chi connectivity index (χ2n) is 11.4. The number of alkyl halides is 2. The smallest absolute Gasteiger partial charge is 0.387 e. The van der Waals surface area contributed by atoms with Crippen LogP contribution in [0.15, 0.2) is 36.4 Å². The van der Waals surface area contributed by atoms with Gasteiger partial charge < -0.3 is 4.74 Å². The van der Waals surface area contributed by atoms with E-state index in [1.54, 1.807) is 18.1 Å². The van der Waals surface area contributed by atoms with Crippen molar-refractivity contribution in [3.8, 4) is 16.9 Å². The fourth-order valence-electron chi connectivity index (χ4n) is 6.62. The highest BCUT2D eigenvalue weighted by atomic mass is 28.3. The van der Waals surface area contributed by atoms with Gasteiger partial charge in [-0.3, -0.25) is 0 Å². The normalized spacial score (nSPS) is 24.4. The maximum Gasteiger partial charge on any atom is 0.387 e. The maximum absolute atomic E-state index is 14.1. The summed E-state index contributed by atoms with van der Waals surface area (Å²) in [4.78, 5) is 0. The van der Waals surface area contributed by atoms with Crippen LogP contribution in [0.3, 0.4) is 0 Å². The largest absolute Gasteiger partial charge is 0.429 e. The lowest BCUT2D eigenvalue weighted by molar-refractivity contribution is -0.0546. The second kappa shape index (κ2) is 13.8. The molecule has 0 unspecified atom stereocenters. The molecule has 2 aromatic carbocycles. The number of ether oxygens (including phenoxy) is 1. The molecule has 1 aliphatic heterocycles. The Balaban J connectivity index is 1.21. The van der Waals surface area contributed by atoms with Gasteiger partial charge in [-0.05, 0) is 72.3 Å². The molecule has 1 saturated carbocycles. The van der Waals surface area contributed by atoms with Gasteiger partial charge in [0.2, 0.25) is 0 Å². The molecule has 0 N–H and O–H groups in total. The summed E-state index contributed by atoms with van der Waals surface area (Å²) >= 11 is 0. The molecule has 6 heteroatoms. The molecule has 2 aliphatic rings. The number of benzene rings is 2. The zero-order chi connectivity index (χ0) is 26.2. The van der Waals surface area contributed by atoms with E-state index in [-0.39, 0.29) is 0 Å². The average molecular weight is 535 g/mol. The third-order valence-electron chi connectivity index (χ3n) is 8.93. The van der Waals surface area contributed by atoms with Gasteiger partial charge in [-0.25, -0.2) is 8.78 Å². The summed E-state index contributed by atoms with van der Waals surface area (Å²) < 4.78 is 57.0. The van der Waals surface area contributed by atoms with Crippen LogP contribution < -0.4 is 4.74 Å². The fraction of sp³-hybridized carbons (Fsp3) is 0.613. The standard InChI is InChI=1S/C31H42F4OSi/c1-2-3-4-17-37-18-15-23(16-19-37)6-5-22-7-9-24(10-8-22)25-11-13-26(14-12-25)27-20-28(32)30(29(33)21-27)36-31(34)35/h11-14,20-24,31,37H,2-10,15-19H2,1H3/t22-,23?,24-,37?. The van der Waals surface area contributed by atoms with Gasteiger partial charge >= 0.3 is 6.61 Å². The van der Waals surface area contributed by atoms with E-state index in [2.05, 4.69) is 11.7 Å². The van der Waals surface area contributed by atoms with Gasteiger partial charge in [0, 0.05) is 8.80 Å². The summed E-state index contributed by atoms with van der Waals surface area (Å²) in [6, 6.07) is 14.7. The maximum atomic E-state index is 14.1. The highest BCUT2D eigenvalue weighted by molar-refractivity contribution is 6.58. The molecule has 0 spiro atoms. The van der Waals surface area contributed by atoms with Crippen molar-refractivity contribution in [2.45, 2.75) is 108 Å². The van der Waals surface area contributed by atoms with Gasteiger partial charge in [0.25, 0.3) is 0 Å². The molecule has 2 fully saturated rings. The van der Waals surface area contributed by atoms with Crippen molar-refractivity contribution in [3.05, 3.63) is 53.6 Å². The van der Waals surface area contributed by atoms with Crippen molar-refractivity contribution in [2.75, 3.05) is 0 Å². The Morgan fingerprint density at radius 1 is 0.811 bits per heavy atom. The van der Waals surface area contributed by atoms with Crippen LogP contribution in [0.4, 0.5) is 17.6 Å². The molecule has 204 valence electrons. The van der Waals surface area contributed by atoms with Gasteiger partial charge in [0.05, 0.1) is 0 Å². The van der Waals surface area contributed by atoms with Crippen LogP contribution in [-0.2, 0) is 0 Å². The van der Waals surface area contributed by atoms with Crippen molar-refractivity contribution >= 4 is 8.80 Å². The van der Waals surface area contributed by atoms with Crippen LogP contribution in [-0.4, -0.2) is 15.4 Å². The van der Waals surface area contributed by atoms with Gasteiger partial charge in [0.1, 0.15) is 0 Å². The lowest BCUT2D eigenvalue weighted by atomic mass is 9.76. The SMILES string of the molecule is CCCCC[SiH]1CCC(CC[C@H]2CC[C@H](c3ccc(-c4cc(F)c(OC(F)F)c(F)c4)cc3)CC2)CC1. The molecule has 1 nitrogen and oxygen atoms in total. The third-order valence-corrected chi connectivity index (χ3v) is 12.5. The van der Waals surface area contributed by atoms with Crippen LogP contribution in [0.2, 0.25) is 18.1 Å². The van der Waals surface area contributed by atoms with E-state index < -0.39 is 32.8 Å². The monoisotopic (exact) mass is 534 g/mol. The number of hydrogen-bond acceptors (Lipinski definition) is 1. The van der Waals surface area contributed by atoms with Crippen LogP contribution in [0.25, 0.3) is 11.1 Å². The van der Waals surface area contributed by atoms with Crippen LogP contribution in [0.5, 0.6) is 5.75 Å². The molecule has 4 rings (SSSR count). The molecular weight excluding hydrogens is 492 g/mol. The first-order chi connectivity index (χ1) is 17.9. The second-order valence-corrected chi connectivity index (χ2v) is 14.9. The molecule has 2 aromatic rings. The first-order valence-corrected chi connectivity index (χ1v) is 16.9. The third kappa shape index (κ3) is 8.08. The lowest BCUT2D eigenvalue weighted by Gasteiger charge is -2.32. The summed E-state index contributed by atoms with van der Waals surface area (Å²) in [6.45, 7) is -0.972. The first kappa shape index (κ1) is 28.2. The Morgan fingerprint density at radius 3 is 1.97 bits per heavy atom. The number of unbranched alkanes of at least 4 members (excludes halogenated alkanes) is 2. The topological polar surface area (TPSA) is 9.23 Å². The molecule has 0 aromatic heterocycles. The minimum atomic E-state index is -3.27. The molecule has 37 heavy (non-hydrogen) atoms. The quantitative estimate of drug-likeness (QED) is 0.158. The zero-order valence-corrected chi connectivity index (χ0v) is 23.3. The minimum absolute atomic E-state index is 0.310. The van der Waals surface area contributed by atoms with Crippen LogP contribution in [0.1, 0.15) is 89.0 Å². The number of halogens is 4. The minimum Gasteiger partial charge on any atom is -0.429 e. The summed E-state index contributed by atoms with van der Waals surface area (Å²) in [5.41, 5.74) is 2.23. The summed E-state index contributed by atoms with van der Waals surface area (Å²) in [7, 11) is -0.406. The molecule has 0 radical (unpaired) electrons. The van der Waals surface area contributed by atoms with E-state index in [0.29, 0.717) is 17.0 Å². The van der Waals surface area contributed by atoms with E-state index >= 15 is 0 Å². The van der Waals surface area contributed by atoms with Gasteiger partial charge in [-0.15, -0.1) is 0 Å². The Morgan fingerprint density at radius 2 is 1.41 bits per heavy atom. The van der Waals surface area contributed by atoms with Crippen molar-refractivity contribution in [2.24, 2.45) is 11.8 Å². The lowest BCUT2D eigenvalue weighted by Crippen LogP contribution is -2.22. The molecule has 0 bridgehead atoms. The Kier molecular flexibility index (Phi) is 10.5. The van der Waals surface area contributed by atoms with Gasteiger partial charge in [-0.2, -0.15) is 8.78 Å². The van der Waals surface area contributed by atoms with E-state index in [1.165, 1.54) is 76.2 Å². The Hall–Kier alpha value is -1.82. The molecule has 0 atom stereocenters. The van der Waals surface area contributed by atoms with Gasteiger partial charge in [0.15, 0.2) is 17.4 Å². The summed E-state index contributed by atoms with van der Waals surface area (Å²) in [6.07, 6.45) is 15.0. The van der Waals surface area contributed by atoms with Crippen molar-refractivity contribution in [1.82, 2.24) is 0 Å². The Labute approximate surface area is 221 Å².